The second-order valence-electron chi connectivity index (χ2n) is 7.57. The van der Waals surface area contributed by atoms with Gasteiger partial charge in [0.2, 0.25) is 0 Å². The minimum Gasteiger partial charge on any atom is -0.454 e. The van der Waals surface area contributed by atoms with Gasteiger partial charge in [0.1, 0.15) is 11.9 Å². The topological polar surface area (TPSA) is 114 Å². The van der Waals surface area contributed by atoms with Crippen LogP contribution in [0, 0.1) is 0 Å². The second-order valence-corrected chi connectivity index (χ2v) is 9.23. The van der Waals surface area contributed by atoms with E-state index in [2.05, 4.69) is 21.1 Å². The third kappa shape index (κ3) is 4.46. The van der Waals surface area contributed by atoms with E-state index in [0.717, 1.165) is 24.8 Å². The fourth-order valence-electron chi connectivity index (χ4n) is 3.87. The summed E-state index contributed by atoms with van der Waals surface area (Å²) in [6.45, 7) is 1.06. The number of benzene rings is 2. The lowest BCUT2D eigenvalue weighted by Gasteiger charge is -2.26. The standard InChI is InChI=1S/C22H23N3O5S/c1-14(23-21-17-10-4-5-12-19(17)31(28,29)25-21)22(27)30-13-20(26)24-18-11-6-8-15-7-2-3-9-16(15)18/h2-5,7,9-10,12,14,18H,6,8,11,13H2,1H3,(H,23,25)(H,24,26)/t14-,18-/m0/s1. The molecule has 0 bridgehead atoms. The first-order valence-corrected chi connectivity index (χ1v) is 11.6. The highest BCUT2D eigenvalue weighted by atomic mass is 32.2. The molecule has 1 aliphatic heterocycles. The lowest BCUT2D eigenvalue weighted by atomic mass is 9.88. The number of amides is 1. The Hall–Kier alpha value is -3.20. The third-order valence-corrected chi connectivity index (χ3v) is 6.77. The SMILES string of the molecule is C[C@H](N=C1NS(=O)(=O)c2ccccc21)C(=O)OCC(=O)N[C@H]1CCCc2ccccc21. The number of aryl methyl sites for hydroxylation is 1. The number of aliphatic imine (C=N–C) groups is 1. The van der Waals surface area contributed by atoms with Crippen LogP contribution in [-0.4, -0.2) is 38.8 Å². The summed E-state index contributed by atoms with van der Waals surface area (Å²) in [5.41, 5.74) is 2.72. The molecule has 2 N–H and O–H groups in total. The number of sulfonamides is 1. The van der Waals surface area contributed by atoms with Gasteiger partial charge < -0.3 is 10.1 Å². The molecule has 1 heterocycles. The smallest absolute Gasteiger partial charge is 0.331 e. The molecule has 1 aliphatic carbocycles. The van der Waals surface area contributed by atoms with Gasteiger partial charge in [-0.25, -0.2) is 13.2 Å². The summed E-state index contributed by atoms with van der Waals surface area (Å²) in [5.74, 6) is -1.01. The van der Waals surface area contributed by atoms with Gasteiger partial charge in [0, 0.05) is 5.56 Å². The highest BCUT2D eigenvalue weighted by Gasteiger charge is 2.31. The van der Waals surface area contributed by atoms with E-state index < -0.39 is 28.6 Å². The molecular weight excluding hydrogens is 418 g/mol. The summed E-state index contributed by atoms with van der Waals surface area (Å²) in [4.78, 5) is 28.9. The number of hydrogen-bond donors (Lipinski definition) is 2. The number of fused-ring (bicyclic) bond motifs is 2. The molecule has 8 nitrogen and oxygen atoms in total. The third-order valence-electron chi connectivity index (χ3n) is 5.38. The Morgan fingerprint density at radius 3 is 2.77 bits per heavy atom. The first-order chi connectivity index (χ1) is 14.8. The van der Waals surface area contributed by atoms with Crippen LogP contribution in [0.4, 0.5) is 0 Å². The van der Waals surface area contributed by atoms with Crippen LogP contribution in [0.15, 0.2) is 58.4 Å². The Morgan fingerprint density at radius 2 is 1.94 bits per heavy atom. The maximum Gasteiger partial charge on any atom is 0.331 e. The van der Waals surface area contributed by atoms with Crippen molar-refractivity contribution >= 4 is 27.7 Å². The number of carbonyl (C=O) groups excluding carboxylic acids is 2. The van der Waals surface area contributed by atoms with Crippen molar-refractivity contribution in [1.29, 1.82) is 0 Å². The van der Waals surface area contributed by atoms with Gasteiger partial charge in [-0.15, -0.1) is 0 Å². The molecule has 2 aromatic rings. The Balaban J connectivity index is 1.35. The van der Waals surface area contributed by atoms with Crippen molar-refractivity contribution in [3.05, 3.63) is 65.2 Å². The Bertz CT molecular complexity index is 1160. The molecule has 0 saturated heterocycles. The lowest BCUT2D eigenvalue weighted by molar-refractivity contribution is -0.149. The quantitative estimate of drug-likeness (QED) is 0.688. The molecule has 31 heavy (non-hydrogen) atoms. The normalized spacial score (nSPS) is 20.8. The zero-order chi connectivity index (χ0) is 22.0. The summed E-state index contributed by atoms with van der Waals surface area (Å²) >= 11 is 0. The van der Waals surface area contributed by atoms with E-state index in [4.69, 9.17) is 4.74 Å². The molecule has 4 rings (SSSR count). The zero-order valence-electron chi connectivity index (χ0n) is 17.0. The first kappa shape index (κ1) is 21.0. The predicted molar refractivity (Wildman–Crippen MR) is 114 cm³/mol. The minimum atomic E-state index is -3.69. The summed E-state index contributed by atoms with van der Waals surface area (Å²) in [5, 5.41) is 2.92. The number of carbonyl (C=O) groups is 2. The highest BCUT2D eigenvalue weighted by Crippen LogP contribution is 2.29. The van der Waals surface area contributed by atoms with Gasteiger partial charge in [-0.05, 0) is 49.4 Å². The maximum atomic E-state index is 12.3. The molecule has 0 radical (unpaired) electrons. The van der Waals surface area contributed by atoms with Crippen LogP contribution in [0.25, 0.3) is 0 Å². The molecule has 0 spiro atoms. The van der Waals surface area contributed by atoms with Gasteiger partial charge >= 0.3 is 5.97 Å². The fraction of sp³-hybridized carbons (Fsp3) is 0.318. The van der Waals surface area contributed by atoms with Crippen LogP contribution in [0.5, 0.6) is 0 Å². The molecule has 1 amide bonds. The van der Waals surface area contributed by atoms with Gasteiger partial charge in [0.25, 0.3) is 15.9 Å². The van der Waals surface area contributed by atoms with Gasteiger partial charge in [0.15, 0.2) is 6.61 Å². The number of amidine groups is 1. The maximum absolute atomic E-state index is 12.3. The summed E-state index contributed by atoms with van der Waals surface area (Å²) in [7, 11) is -3.69. The van der Waals surface area contributed by atoms with E-state index in [-0.39, 0.29) is 22.7 Å². The summed E-state index contributed by atoms with van der Waals surface area (Å²) in [6.07, 6.45) is 2.80. The van der Waals surface area contributed by atoms with Crippen LogP contribution in [0.3, 0.4) is 0 Å². The van der Waals surface area contributed by atoms with Crippen LogP contribution < -0.4 is 10.0 Å². The molecule has 2 atom stereocenters. The molecule has 9 heteroatoms. The van der Waals surface area contributed by atoms with Crippen molar-refractivity contribution in [1.82, 2.24) is 10.0 Å². The second kappa shape index (κ2) is 8.50. The van der Waals surface area contributed by atoms with Crippen LogP contribution in [0.1, 0.15) is 42.5 Å². The van der Waals surface area contributed by atoms with Gasteiger partial charge in [0.05, 0.1) is 10.9 Å². The minimum absolute atomic E-state index is 0.0864. The lowest BCUT2D eigenvalue weighted by Crippen LogP contribution is -2.35. The zero-order valence-corrected chi connectivity index (χ0v) is 17.8. The van der Waals surface area contributed by atoms with E-state index in [0.29, 0.717) is 5.56 Å². The monoisotopic (exact) mass is 441 g/mol. The largest absolute Gasteiger partial charge is 0.454 e. The van der Waals surface area contributed by atoms with Crippen molar-refractivity contribution in [2.45, 2.75) is 43.2 Å². The first-order valence-electron chi connectivity index (χ1n) is 10.1. The van der Waals surface area contributed by atoms with Crippen LogP contribution in [0.2, 0.25) is 0 Å². The Kier molecular flexibility index (Phi) is 5.77. The summed E-state index contributed by atoms with van der Waals surface area (Å²) < 4.78 is 31.7. The molecule has 0 saturated carbocycles. The molecule has 0 aromatic heterocycles. The van der Waals surface area contributed by atoms with Crippen molar-refractivity contribution < 1.29 is 22.7 Å². The average molecular weight is 442 g/mol. The molecule has 2 aliphatic rings. The van der Waals surface area contributed by atoms with E-state index in [9.17, 15) is 18.0 Å². The Labute approximate surface area is 180 Å². The van der Waals surface area contributed by atoms with Crippen molar-refractivity contribution in [2.24, 2.45) is 4.99 Å². The number of nitrogens with one attached hydrogen (secondary N) is 2. The van der Waals surface area contributed by atoms with Gasteiger partial charge in [-0.1, -0.05) is 36.4 Å². The number of nitrogens with zero attached hydrogens (tertiary/aromatic N) is 1. The van der Waals surface area contributed by atoms with E-state index >= 15 is 0 Å². The Morgan fingerprint density at radius 1 is 1.19 bits per heavy atom. The van der Waals surface area contributed by atoms with Gasteiger partial charge in [-0.2, -0.15) is 0 Å². The van der Waals surface area contributed by atoms with Crippen molar-refractivity contribution in [2.75, 3.05) is 6.61 Å². The number of hydrogen-bond acceptors (Lipinski definition) is 6. The number of rotatable bonds is 5. The molecule has 2 aromatic carbocycles. The molecule has 0 fully saturated rings. The molecular formula is C22H23N3O5S. The van der Waals surface area contributed by atoms with E-state index in [1.54, 1.807) is 18.2 Å². The van der Waals surface area contributed by atoms with E-state index in [1.807, 2.05) is 18.2 Å². The highest BCUT2D eigenvalue weighted by molar-refractivity contribution is 7.90. The van der Waals surface area contributed by atoms with Crippen molar-refractivity contribution in [3.63, 3.8) is 0 Å². The van der Waals surface area contributed by atoms with Gasteiger partial charge in [-0.3, -0.25) is 14.5 Å². The molecule has 162 valence electrons. The summed E-state index contributed by atoms with van der Waals surface area (Å²) in [6, 6.07) is 13.3. The number of ether oxygens (including phenoxy) is 1. The molecule has 0 unspecified atom stereocenters. The fourth-order valence-corrected chi connectivity index (χ4v) is 5.11. The van der Waals surface area contributed by atoms with Crippen LogP contribution >= 0.6 is 0 Å². The predicted octanol–water partition coefficient (Wildman–Crippen LogP) is 1.85. The van der Waals surface area contributed by atoms with Crippen LogP contribution in [-0.2, 0) is 30.8 Å². The van der Waals surface area contributed by atoms with Crippen molar-refractivity contribution in [3.8, 4) is 0 Å². The number of esters is 1. The average Bonchev–Trinajstić information content (AvgIpc) is 3.02. The van der Waals surface area contributed by atoms with E-state index in [1.165, 1.54) is 18.6 Å².